The smallest absolute Gasteiger partial charge is 0.318 e. The molecule has 1 aromatic carbocycles. The minimum absolute atomic E-state index is 0.313. The first kappa shape index (κ1) is 18.4. The van der Waals surface area contributed by atoms with Gasteiger partial charge in [0.1, 0.15) is 11.6 Å². The van der Waals surface area contributed by atoms with E-state index in [4.69, 9.17) is 21.4 Å². The minimum Gasteiger partial charge on any atom is -0.318 e. The van der Waals surface area contributed by atoms with E-state index in [2.05, 4.69) is 20.0 Å². The largest absolute Gasteiger partial charge is 0.471 e. The summed E-state index contributed by atoms with van der Waals surface area (Å²) in [4.78, 5) is 30.1. The average Bonchev–Trinajstić information content (AvgIpc) is 2.82. The molecule has 0 bridgehead atoms. The van der Waals surface area contributed by atoms with Gasteiger partial charge in [0.2, 0.25) is 0 Å². The molecule has 24 heavy (non-hydrogen) atoms. The lowest BCUT2D eigenvalue weighted by atomic mass is 10.3. The summed E-state index contributed by atoms with van der Waals surface area (Å²) in [6, 6.07) is 2.51. The molecule has 0 spiro atoms. The van der Waals surface area contributed by atoms with E-state index in [1.165, 1.54) is 6.92 Å². The Balaban J connectivity index is 2.20. The first-order valence-electron chi connectivity index (χ1n) is 6.19. The number of benzene rings is 1. The van der Waals surface area contributed by atoms with Crippen molar-refractivity contribution >= 4 is 31.0 Å². The van der Waals surface area contributed by atoms with Crippen LogP contribution in [-0.4, -0.2) is 30.7 Å². The maximum Gasteiger partial charge on any atom is 0.471 e. The Bertz CT molecular complexity index is 827. The number of carbonyl (C=O) groups is 1. The number of phosphoric acid groups is 1. The molecule has 2 rings (SSSR count). The Morgan fingerprint density at radius 2 is 2.08 bits per heavy atom. The SMILES string of the molecule is CC(OP(=O)(O)O)n1nc(Cl)c(C(=O)Nc2ccc(F)cc2F)n1. The van der Waals surface area contributed by atoms with Crippen LogP contribution in [0.1, 0.15) is 23.6 Å². The van der Waals surface area contributed by atoms with Gasteiger partial charge in [-0.25, -0.2) is 13.3 Å². The molecular formula is C11H10ClF2N4O5P. The molecule has 0 aliphatic carbocycles. The molecule has 0 saturated heterocycles. The second kappa shape index (κ2) is 6.91. The Morgan fingerprint density at radius 1 is 1.42 bits per heavy atom. The van der Waals surface area contributed by atoms with Crippen LogP contribution in [0.4, 0.5) is 14.5 Å². The summed E-state index contributed by atoms with van der Waals surface area (Å²) in [5.41, 5.74) is -0.756. The predicted molar refractivity (Wildman–Crippen MR) is 77.2 cm³/mol. The highest BCUT2D eigenvalue weighted by molar-refractivity contribution is 7.46. The quantitative estimate of drug-likeness (QED) is 0.676. The third-order valence-corrected chi connectivity index (χ3v) is 3.43. The van der Waals surface area contributed by atoms with E-state index in [1.54, 1.807) is 0 Å². The van der Waals surface area contributed by atoms with Crippen LogP contribution >= 0.6 is 19.4 Å². The lowest BCUT2D eigenvalue weighted by molar-refractivity contribution is 0.0764. The predicted octanol–water partition coefficient (Wildman–Crippen LogP) is 2.09. The van der Waals surface area contributed by atoms with Crippen molar-refractivity contribution in [2.45, 2.75) is 13.2 Å². The maximum atomic E-state index is 13.5. The van der Waals surface area contributed by atoms with Crippen molar-refractivity contribution in [3.63, 3.8) is 0 Å². The van der Waals surface area contributed by atoms with Crippen molar-refractivity contribution in [2.75, 3.05) is 5.32 Å². The molecule has 0 radical (unpaired) electrons. The lowest BCUT2D eigenvalue weighted by Gasteiger charge is -2.11. The Labute approximate surface area is 138 Å². The fraction of sp³-hybridized carbons (Fsp3) is 0.182. The second-order valence-corrected chi connectivity index (χ2v) is 5.98. The van der Waals surface area contributed by atoms with E-state index < -0.39 is 42.4 Å². The summed E-state index contributed by atoms with van der Waals surface area (Å²) in [5, 5.41) is 8.93. The number of carbonyl (C=O) groups excluding carboxylic acids is 1. The van der Waals surface area contributed by atoms with E-state index in [0.717, 1.165) is 12.1 Å². The molecule has 9 nitrogen and oxygen atoms in total. The van der Waals surface area contributed by atoms with E-state index in [0.29, 0.717) is 10.9 Å². The van der Waals surface area contributed by atoms with Crippen molar-refractivity contribution < 1.29 is 32.5 Å². The lowest BCUT2D eigenvalue weighted by Crippen LogP contribution is -2.16. The van der Waals surface area contributed by atoms with Crippen molar-refractivity contribution in [3.05, 3.63) is 40.7 Å². The third kappa shape index (κ3) is 4.56. The molecule has 3 N–H and O–H groups in total. The number of halogens is 3. The van der Waals surface area contributed by atoms with Gasteiger partial charge in [0.05, 0.1) is 5.69 Å². The van der Waals surface area contributed by atoms with Gasteiger partial charge in [0.15, 0.2) is 17.1 Å². The van der Waals surface area contributed by atoms with Crippen LogP contribution in [0, 0.1) is 11.6 Å². The van der Waals surface area contributed by atoms with Gasteiger partial charge in [-0.1, -0.05) is 11.6 Å². The highest BCUT2D eigenvalue weighted by Gasteiger charge is 2.25. The van der Waals surface area contributed by atoms with E-state index >= 15 is 0 Å². The zero-order valence-electron chi connectivity index (χ0n) is 11.9. The van der Waals surface area contributed by atoms with Gasteiger partial charge >= 0.3 is 7.82 Å². The fourth-order valence-electron chi connectivity index (χ4n) is 1.62. The van der Waals surface area contributed by atoms with Gasteiger partial charge in [-0.2, -0.15) is 4.80 Å². The van der Waals surface area contributed by atoms with Crippen molar-refractivity contribution in [1.82, 2.24) is 15.0 Å². The molecular weight excluding hydrogens is 373 g/mol. The topological polar surface area (TPSA) is 127 Å². The highest BCUT2D eigenvalue weighted by atomic mass is 35.5. The van der Waals surface area contributed by atoms with Crippen molar-refractivity contribution in [2.24, 2.45) is 0 Å². The summed E-state index contributed by atoms with van der Waals surface area (Å²) in [5.74, 6) is -2.79. The summed E-state index contributed by atoms with van der Waals surface area (Å²) in [6.07, 6.45) is -1.33. The molecule has 1 heterocycles. The molecule has 1 atom stereocenters. The molecule has 130 valence electrons. The molecule has 1 aromatic heterocycles. The Morgan fingerprint density at radius 3 is 2.67 bits per heavy atom. The van der Waals surface area contributed by atoms with Crippen molar-refractivity contribution in [1.29, 1.82) is 0 Å². The number of aromatic nitrogens is 3. The number of nitrogens with one attached hydrogen (secondary N) is 1. The number of rotatable bonds is 5. The summed E-state index contributed by atoms with van der Waals surface area (Å²) in [6.45, 7) is 1.21. The molecule has 0 saturated carbocycles. The molecule has 1 amide bonds. The van der Waals surface area contributed by atoms with Crippen LogP contribution in [0.25, 0.3) is 0 Å². The van der Waals surface area contributed by atoms with Crippen molar-refractivity contribution in [3.8, 4) is 0 Å². The Kier molecular flexibility index (Phi) is 5.31. The minimum atomic E-state index is -4.81. The van der Waals surface area contributed by atoms with Gasteiger partial charge in [-0.3, -0.25) is 9.32 Å². The van der Waals surface area contributed by atoms with Crippen LogP contribution in [0.2, 0.25) is 5.15 Å². The zero-order chi connectivity index (χ0) is 18.1. The monoisotopic (exact) mass is 382 g/mol. The van der Waals surface area contributed by atoms with E-state index in [1.807, 2.05) is 0 Å². The fourth-order valence-corrected chi connectivity index (χ4v) is 2.30. The summed E-state index contributed by atoms with van der Waals surface area (Å²) in [7, 11) is -4.81. The average molecular weight is 383 g/mol. The molecule has 2 aromatic rings. The molecule has 1 unspecified atom stereocenters. The van der Waals surface area contributed by atoms with Crippen LogP contribution in [0.3, 0.4) is 0 Å². The summed E-state index contributed by atoms with van der Waals surface area (Å²) >= 11 is 5.73. The van der Waals surface area contributed by atoms with Gasteiger partial charge in [0.25, 0.3) is 5.91 Å². The first-order chi connectivity index (χ1) is 11.1. The van der Waals surface area contributed by atoms with Crippen LogP contribution in [0.5, 0.6) is 0 Å². The third-order valence-electron chi connectivity index (χ3n) is 2.60. The molecule has 0 fully saturated rings. The number of amides is 1. The molecule has 0 aliphatic rings. The zero-order valence-corrected chi connectivity index (χ0v) is 13.5. The number of anilines is 1. The maximum absolute atomic E-state index is 13.5. The molecule has 13 heteroatoms. The summed E-state index contributed by atoms with van der Waals surface area (Å²) < 4.78 is 41.4. The van der Waals surface area contributed by atoms with Gasteiger partial charge in [-0.05, 0) is 19.1 Å². The highest BCUT2D eigenvalue weighted by Crippen LogP contribution is 2.40. The van der Waals surface area contributed by atoms with Gasteiger partial charge in [-0.15, -0.1) is 10.2 Å². The van der Waals surface area contributed by atoms with Crippen LogP contribution in [-0.2, 0) is 9.09 Å². The van der Waals surface area contributed by atoms with E-state index in [-0.39, 0.29) is 5.69 Å². The normalized spacial score (nSPS) is 12.9. The molecule has 0 aliphatic heterocycles. The van der Waals surface area contributed by atoms with Gasteiger partial charge < -0.3 is 15.1 Å². The number of nitrogens with zero attached hydrogens (tertiary/aromatic N) is 3. The standard InChI is InChI=1S/C11H10ClF2N4O5P/c1-5(23-24(20,21)22)18-16-9(10(12)17-18)11(19)15-8-3-2-6(13)4-7(8)14/h2-5H,1H3,(H,15,19)(H2,20,21,22). The number of hydrogen-bond acceptors (Lipinski definition) is 5. The number of hydrogen-bond donors (Lipinski definition) is 3. The Hall–Kier alpha value is -1.91. The second-order valence-electron chi connectivity index (χ2n) is 4.43. The van der Waals surface area contributed by atoms with Gasteiger partial charge in [0, 0.05) is 6.07 Å². The first-order valence-corrected chi connectivity index (χ1v) is 8.10. The van der Waals surface area contributed by atoms with E-state index in [9.17, 15) is 18.1 Å². The van der Waals surface area contributed by atoms with Crippen LogP contribution in [0.15, 0.2) is 18.2 Å². The number of phosphoric ester groups is 1. The van der Waals surface area contributed by atoms with Crippen LogP contribution < -0.4 is 5.32 Å².